The van der Waals surface area contributed by atoms with Gasteiger partial charge in [-0.05, 0) is 52.9 Å². The number of hydrogen-bond donors (Lipinski definition) is 1. The van der Waals surface area contributed by atoms with E-state index in [-0.39, 0.29) is 5.82 Å². The number of aromatic nitrogens is 1. The number of benzene rings is 1. The van der Waals surface area contributed by atoms with E-state index in [0.717, 1.165) is 16.5 Å². The van der Waals surface area contributed by atoms with Crippen LogP contribution < -0.4 is 5.73 Å². The smallest absolute Gasteiger partial charge is 0.138 e. The number of nitrogens with two attached hydrogens (primary N) is 1. The molecule has 0 atom stereocenters. The van der Waals surface area contributed by atoms with Gasteiger partial charge in [0.2, 0.25) is 0 Å². The van der Waals surface area contributed by atoms with Gasteiger partial charge in [0.05, 0.1) is 4.47 Å². The second kappa shape index (κ2) is 4.10. The fourth-order valence-electron chi connectivity index (χ4n) is 2.44. The van der Waals surface area contributed by atoms with Crippen molar-refractivity contribution in [2.45, 2.75) is 31.8 Å². The maximum atomic E-state index is 13.6. The lowest BCUT2D eigenvalue weighted by molar-refractivity contribution is 0.321. The Morgan fingerprint density at radius 3 is 2.76 bits per heavy atom. The van der Waals surface area contributed by atoms with Crippen molar-refractivity contribution in [2.24, 2.45) is 5.73 Å². The van der Waals surface area contributed by atoms with Crippen LogP contribution in [-0.2, 0) is 6.54 Å². The van der Waals surface area contributed by atoms with E-state index < -0.39 is 0 Å². The van der Waals surface area contributed by atoms with Crippen molar-refractivity contribution >= 4 is 26.8 Å². The zero-order chi connectivity index (χ0) is 12.0. The van der Waals surface area contributed by atoms with Crippen molar-refractivity contribution in [1.82, 2.24) is 4.57 Å². The van der Waals surface area contributed by atoms with Crippen LogP contribution in [0, 0.1) is 5.82 Å². The first-order chi connectivity index (χ1) is 8.20. The molecule has 1 aliphatic carbocycles. The average Bonchev–Trinajstić information content (AvgIpc) is 2.56. The largest absolute Gasteiger partial charge is 0.344 e. The molecule has 1 fully saturated rings. The van der Waals surface area contributed by atoms with Crippen LogP contribution in [0.1, 0.15) is 30.9 Å². The SMILES string of the molecule is NCc1cn(C2CCC2)c2cc(Br)c(F)cc12. The fourth-order valence-corrected chi connectivity index (χ4v) is 2.78. The van der Waals surface area contributed by atoms with Crippen molar-refractivity contribution in [3.05, 3.63) is 34.2 Å². The maximum Gasteiger partial charge on any atom is 0.138 e. The third kappa shape index (κ3) is 1.70. The zero-order valence-electron chi connectivity index (χ0n) is 9.42. The van der Waals surface area contributed by atoms with Gasteiger partial charge in [-0.25, -0.2) is 4.39 Å². The molecule has 0 saturated heterocycles. The van der Waals surface area contributed by atoms with Crippen LogP contribution in [0.2, 0.25) is 0 Å². The first kappa shape index (κ1) is 11.2. The van der Waals surface area contributed by atoms with Gasteiger partial charge >= 0.3 is 0 Å². The molecular formula is C13H14BrFN2. The van der Waals surface area contributed by atoms with Gasteiger partial charge in [0.15, 0.2) is 0 Å². The highest BCUT2D eigenvalue weighted by molar-refractivity contribution is 9.10. The summed E-state index contributed by atoms with van der Waals surface area (Å²) in [7, 11) is 0. The molecular weight excluding hydrogens is 283 g/mol. The lowest BCUT2D eigenvalue weighted by Gasteiger charge is -2.28. The predicted molar refractivity (Wildman–Crippen MR) is 70.4 cm³/mol. The summed E-state index contributed by atoms with van der Waals surface area (Å²) in [6.45, 7) is 0.456. The molecule has 2 N–H and O–H groups in total. The average molecular weight is 297 g/mol. The first-order valence-corrected chi connectivity index (χ1v) is 6.68. The van der Waals surface area contributed by atoms with Gasteiger partial charge in [-0.2, -0.15) is 0 Å². The molecule has 1 aromatic heterocycles. The van der Waals surface area contributed by atoms with E-state index in [0.29, 0.717) is 17.1 Å². The number of nitrogens with zero attached hydrogens (tertiary/aromatic N) is 1. The summed E-state index contributed by atoms with van der Waals surface area (Å²) < 4.78 is 16.4. The van der Waals surface area contributed by atoms with Crippen molar-refractivity contribution in [3.63, 3.8) is 0 Å². The third-order valence-corrected chi connectivity index (χ3v) is 4.25. The predicted octanol–water partition coefficient (Wildman–Crippen LogP) is 3.73. The molecule has 0 amide bonds. The molecule has 0 spiro atoms. The molecule has 17 heavy (non-hydrogen) atoms. The minimum absolute atomic E-state index is 0.224. The third-order valence-electron chi connectivity index (χ3n) is 3.65. The van der Waals surface area contributed by atoms with Crippen LogP contribution in [0.25, 0.3) is 10.9 Å². The molecule has 1 aromatic carbocycles. The summed E-state index contributed by atoms with van der Waals surface area (Å²) in [5.41, 5.74) is 7.84. The molecule has 1 aliphatic rings. The number of fused-ring (bicyclic) bond motifs is 1. The Morgan fingerprint density at radius 1 is 1.41 bits per heavy atom. The molecule has 1 heterocycles. The monoisotopic (exact) mass is 296 g/mol. The second-order valence-corrected chi connectivity index (χ2v) is 5.49. The first-order valence-electron chi connectivity index (χ1n) is 5.89. The summed E-state index contributed by atoms with van der Waals surface area (Å²) in [5.74, 6) is -0.224. The van der Waals surface area contributed by atoms with Gasteiger partial charge in [-0.1, -0.05) is 0 Å². The van der Waals surface area contributed by atoms with E-state index >= 15 is 0 Å². The Labute approximate surface area is 108 Å². The molecule has 2 nitrogen and oxygen atoms in total. The Balaban J connectivity index is 2.25. The molecule has 0 unspecified atom stereocenters. The minimum atomic E-state index is -0.224. The number of halogens is 2. The van der Waals surface area contributed by atoms with Gasteiger partial charge in [0, 0.05) is 29.7 Å². The lowest BCUT2D eigenvalue weighted by atomic mass is 9.93. The van der Waals surface area contributed by atoms with Gasteiger partial charge in [-0.3, -0.25) is 0 Å². The summed E-state index contributed by atoms with van der Waals surface area (Å²) in [6.07, 6.45) is 5.79. The fraction of sp³-hybridized carbons (Fsp3) is 0.385. The van der Waals surface area contributed by atoms with Crippen LogP contribution in [-0.4, -0.2) is 4.57 Å². The van der Waals surface area contributed by atoms with Gasteiger partial charge in [0.25, 0.3) is 0 Å². The topological polar surface area (TPSA) is 30.9 Å². The summed E-state index contributed by atoms with van der Waals surface area (Å²) in [4.78, 5) is 0. The molecule has 0 bridgehead atoms. The van der Waals surface area contributed by atoms with E-state index in [4.69, 9.17) is 5.73 Å². The quantitative estimate of drug-likeness (QED) is 0.899. The Hall–Kier alpha value is -0.870. The Bertz CT molecular complexity index is 572. The normalized spacial score (nSPS) is 16.4. The highest BCUT2D eigenvalue weighted by atomic mass is 79.9. The van der Waals surface area contributed by atoms with Crippen molar-refractivity contribution in [3.8, 4) is 0 Å². The van der Waals surface area contributed by atoms with Crippen LogP contribution in [0.3, 0.4) is 0 Å². The van der Waals surface area contributed by atoms with E-state index in [1.165, 1.54) is 19.3 Å². The highest BCUT2D eigenvalue weighted by Gasteiger charge is 2.22. The van der Waals surface area contributed by atoms with Crippen LogP contribution in [0.15, 0.2) is 22.8 Å². The molecule has 0 aliphatic heterocycles. The van der Waals surface area contributed by atoms with Crippen LogP contribution in [0.5, 0.6) is 0 Å². The molecule has 0 radical (unpaired) electrons. The summed E-state index contributed by atoms with van der Waals surface area (Å²) in [6, 6.07) is 4.01. The van der Waals surface area contributed by atoms with Crippen molar-refractivity contribution in [1.29, 1.82) is 0 Å². The summed E-state index contributed by atoms with van der Waals surface area (Å²) >= 11 is 3.25. The van der Waals surface area contributed by atoms with E-state index in [9.17, 15) is 4.39 Å². The number of rotatable bonds is 2. The maximum absolute atomic E-state index is 13.6. The van der Waals surface area contributed by atoms with Crippen molar-refractivity contribution in [2.75, 3.05) is 0 Å². The van der Waals surface area contributed by atoms with Gasteiger partial charge < -0.3 is 10.3 Å². The zero-order valence-corrected chi connectivity index (χ0v) is 11.0. The number of hydrogen-bond acceptors (Lipinski definition) is 1. The summed E-state index contributed by atoms with van der Waals surface area (Å²) in [5, 5.41) is 0.945. The van der Waals surface area contributed by atoms with Crippen molar-refractivity contribution < 1.29 is 4.39 Å². The molecule has 1 saturated carbocycles. The molecule has 3 rings (SSSR count). The minimum Gasteiger partial charge on any atom is -0.344 e. The Morgan fingerprint density at radius 2 is 2.18 bits per heavy atom. The lowest BCUT2D eigenvalue weighted by Crippen LogP contribution is -2.15. The molecule has 4 heteroatoms. The molecule has 90 valence electrons. The van der Waals surface area contributed by atoms with Crippen LogP contribution >= 0.6 is 15.9 Å². The van der Waals surface area contributed by atoms with E-state index in [2.05, 4.69) is 26.7 Å². The van der Waals surface area contributed by atoms with E-state index in [1.54, 1.807) is 6.07 Å². The van der Waals surface area contributed by atoms with Crippen LogP contribution in [0.4, 0.5) is 4.39 Å². The van der Waals surface area contributed by atoms with Gasteiger partial charge in [0.1, 0.15) is 5.82 Å². The standard InChI is InChI=1S/C13H14BrFN2/c14-11-5-13-10(4-12(11)15)8(6-16)7-17(13)9-2-1-3-9/h4-5,7,9H,1-3,6,16H2. The Kier molecular flexibility index (Phi) is 2.71. The second-order valence-electron chi connectivity index (χ2n) is 4.63. The van der Waals surface area contributed by atoms with Gasteiger partial charge in [-0.15, -0.1) is 0 Å². The molecule has 2 aromatic rings. The highest BCUT2D eigenvalue weighted by Crippen LogP contribution is 2.37. The van der Waals surface area contributed by atoms with E-state index in [1.807, 2.05) is 6.07 Å².